The Morgan fingerprint density at radius 2 is 2.15 bits per heavy atom. The van der Waals surface area contributed by atoms with E-state index in [1.165, 1.54) is 12.3 Å². The molecule has 0 spiro atoms. The number of halogens is 3. The molecule has 0 unspecified atom stereocenters. The third-order valence-corrected chi connectivity index (χ3v) is 2.21. The fraction of sp³-hybridized carbons (Fsp3) is 0. The van der Waals surface area contributed by atoms with E-state index in [1.807, 2.05) is 0 Å². The second-order valence-corrected chi connectivity index (χ2v) is 3.72. The van der Waals surface area contributed by atoms with Crippen LogP contribution in [0.2, 0.25) is 5.28 Å². The summed E-state index contributed by atoms with van der Waals surface area (Å²) in [5.74, 6) is -0.409. The second kappa shape index (κ2) is 3.20. The molecule has 66 valence electrons. The topological polar surface area (TPSA) is 25.8 Å². The number of aromatic nitrogens is 2. The van der Waals surface area contributed by atoms with E-state index in [-0.39, 0.29) is 10.8 Å². The third kappa shape index (κ3) is 1.64. The Hall–Kier alpha value is -0.740. The highest BCUT2D eigenvalue weighted by molar-refractivity contribution is 9.10. The minimum Gasteiger partial charge on any atom is -0.226 e. The fourth-order valence-electron chi connectivity index (χ4n) is 1.05. The summed E-state index contributed by atoms with van der Waals surface area (Å²) < 4.78 is 13.9. The number of benzene rings is 1. The average Bonchev–Trinajstić information content (AvgIpc) is 2.06. The van der Waals surface area contributed by atoms with E-state index in [0.29, 0.717) is 9.86 Å². The first-order chi connectivity index (χ1) is 6.16. The van der Waals surface area contributed by atoms with Gasteiger partial charge in [-0.3, -0.25) is 0 Å². The first-order valence-corrected chi connectivity index (χ1v) is 4.61. The monoisotopic (exact) mass is 260 g/mol. The van der Waals surface area contributed by atoms with Gasteiger partial charge in [-0.05, 0) is 23.7 Å². The molecule has 2 rings (SSSR count). The second-order valence-electron chi connectivity index (χ2n) is 2.46. The fourth-order valence-corrected chi connectivity index (χ4v) is 1.63. The number of fused-ring (bicyclic) bond motifs is 1. The molecule has 0 N–H and O–H groups in total. The molecule has 0 aliphatic carbocycles. The van der Waals surface area contributed by atoms with Gasteiger partial charge in [0, 0.05) is 16.1 Å². The summed E-state index contributed by atoms with van der Waals surface area (Å²) in [6.07, 6.45) is 1.48. The van der Waals surface area contributed by atoms with Crippen LogP contribution < -0.4 is 0 Å². The van der Waals surface area contributed by atoms with Gasteiger partial charge < -0.3 is 0 Å². The lowest BCUT2D eigenvalue weighted by Crippen LogP contribution is -1.87. The van der Waals surface area contributed by atoms with Crippen LogP contribution >= 0.6 is 27.5 Å². The Bertz CT molecular complexity index is 475. The van der Waals surface area contributed by atoms with E-state index in [4.69, 9.17) is 11.6 Å². The first-order valence-electron chi connectivity index (χ1n) is 3.44. The molecular formula is C8H3BrClFN2. The Morgan fingerprint density at radius 1 is 1.38 bits per heavy atom. The lowest BCUT2D eigenvalue weighted by Gasteiger charge is -1.99. The quantitative estimate of drug-likeness (QED) is 0.681. The van der Waals surface area contributed by atoms with Gasteiger partial charge in [0.1, 0.15) is 5.52 Å². The lowest BCUT2D eigenvalue weighted by molar-refractivity contribution is 0.635. The number of hydrogen-bond donors (Lipinski definition) is 0. The zero-order valence-electron chi connectivity index (χ0n) is 6.26. The van der Waals surface area contributed by atoms with Crippen LogP contribution in [0, 0.1) is 5.82 Å². The van der Waals surface area contributed by atoms with Crippen molar-refractivity contribution in [3.05, 3.63) is 33.9 Å². The van der Waals surface area contributed by atoms with E-state index in [1.54, 1.807) is 6.07 Å². The predicted octanol–water partition coefficient (Wildman–Crippen LogP) is 3.18. The molecule has 0 amide bonds. The van der Waals surface area contributed by atoms with Crippen LogP contribution in [0.3, 0.4) is 0 Å². The van der Waals surface area contributed by atoms with Crippen molar-refractivity contribution >= 4 is 38.4 Å². The highest BCUT2D eigenvalue weighted by atomic mass is 79.9. The molecule has 0 saturated carbocycles. The summed E-state index contributed by atoms with van der Waals surface area (Å²) in [7, 11) is 0. The number of hydrogen-bond acceptors (Lipinski definition) is 2. The summed E-state index contributed by atoms with van der Waals surface area (Å²) in [5, 5.41) is 0.671. The highest BCUT2D eigenvalue weighted by Gasteiger charge is 2.04. The van der Waals surface area contributed by atoms with E-state index < -0.39 is 5.82 Å². The molecule has 0 saturated heterocycles. The first kappa shape index (κ1) is 8.84. The van der Waals surface area contributed by atoms with Crippen LogP contribution in [-0.2, 0) is 0 Å². The van der Waals surface area contributed by atoms with Crippen LogP contribution in [0.25, 0.3) is 10.9 Å². The molecule has 0 bridgehead atoms. The molecule has 1 heterocycles. The molecule has 0 radical (unpaired) electrons. The van der Waals surface area contributed by atoms with Gasteiger partial charge in [0.2, 0.25) is 5.28 Å². The van der Waals surface area contributed by atoms with Gasteiger partial charge in [-0.2, -0.15) is 0 Å². The van der Waals surface area contributed by atoms with Gasteiger partial charge in [0.25, 0.3) is 0 Å². The standard InChI is InChI=1S/C8H3BrClFN2/c9-5-1-4-3-12-8(10)13-7(4)6(11)2-5/h1-3H. The maximum atomic E-state index is 13.2. The molecule has 13 heavy (non-hydrogen) atoms. The summed E-state index contributed by atoms with van der Waals surface area (Å²) in [6, 6.07) is 3.07. The molecule has 2 aromatic rings. The summed E-state index contributed by atoms with van der Waals surface area (Å²) >= 11 is 8.70. The van der Waals surface area contributed by atoms with Crippen LogP contribution in [0.4, 0.5) is 4.39 Å². The van der Waals surface area contributed by atoms with Crippen LogP contribution in [0.15, 0.2) is 22.8 Å². The molecule has 1 aromatic carbocycles. The summed E-state index contributed by atoms with van der Waals surface area (Å²) in [5.41, 5.74) is 0.239. The summed E-state index contributed by atoms with van der Waals surface area (Å²) in [4.78, 5) is 7.53. The molecule has 0 aliphatic heterocycles. The average molecular weight is 261 g/mol. The minimum atomic E-state index is -0.409. The Balaban J connectivity index is 2.87. The maximum Gasteiger partial charge on any atom is 0.223 e. The molecular weight excluding hydrogens is 258 g/mol. The Kier molecular flexibility index (Phi) is 2.17. The SMILES string of the molecule is Fc1cc(Br)cc2cnc(Cl)nc12. The van der Waals surface area contributed by atoms with E-state index in [2.05, 4.69) is 25.9 Å². The Labute approximate surface area is 86.9 Å². The van der Waals surface area contributed by atoms with Gasteiger partial charge >= 0.3 is 0 Å². The summed E-state index contributed by atoms with van der Waals surface area (Å²) in [6.45, 7) is 0. The zero-order chi connectivity index (χ0) is 9.42. The van der Waals surface area contributed by atoms with Gasteiger partial charge in [0.05, 0.1) is 0 Å². The molecule has 5 heteroatoms. The molecule has 1 aromatic heterocycles. The van der Waals surface area contributed by atoms with Crippen LogP contribution in [-0.4, -0.2) is 9.97 Å². The smallest absolute Gasteiger partial charge is 0.223 e. The number of rotatable bonds is 0. The highest BCUT2D eigenvalue weighted by Crippen LogP contribution is 2.21. The third-order valence-electron chi connectivity index (χ3n) is 1.57. The zero-order valence-corrected chi connectivity index (χ0v) is 8.60. The normalized spacial score (nSPS) is 10.7. The van der Waals surface area contributed by atoms with E-state index >= 15 is 0 Å². The van der Waals surface area contributed by atoms with Crippen molar-refractivity contribution in [3.8, 4) is 0 Å². The van der Waals surface area contributed by atoms with Crippen molar-refractivity contribution in [2.45, 2.75) is 0 Å². The molecule has 0 atom stereocenters. The molecule has 0 aliphatic rings. The van der Waals surface area contributed by atoms with Gasteiger partial charge in [-0.1, -0.05) is 15.9 Å². The van der Waals surface area contributed by atoms with Crippen molar-refractivity contribution in [3.63, 3.8) is 0 Å². The van der Waals surface area contributed by atoms with Gasteiger partial charge in [-0.15, -0.1) is 0 Å². The Morgan fingerprint density at radius 3 is 2.92 bits per heavy atom. The number of nitrogens with zero attached hydrogens (tertiary/aromatic N) is 2. The molecule has 0 fully saturated rings. The van der Waals surface area contributed by atoms with Crippen molar-refractivity contribution in [1.29, 1.82) is 0 Å². The van der Waals surface area contributed by atoms with E-state index in [0.717, 1.165) is 0 Å². The van der Waals surface area contributed by atoms with Gasteiger partial charge in [0.15, 0.2) is 5.82 Å². The van der Waals surface area contributed by atoms with Crippen molar-refractivity contribution < 1.29 is 4.39 Å². The predicted molar refractivity (Wildman–Crippen MR) is 52.2 cm³/mol. The van der Waals surface area contributed by atoms with E-state index in [9.17, 15) is 4.39 Å². The van der Waals surface area contributed by atoms with Crippen LogP contribution in [0.5, 0.6) is 0 Å². The van der Waals surface area contributed by atoms with Crippen molar-refractivity contribution in [2.75, 3.05) is 0 Å². The minimum absolute atomic E-state index is 0.0497. The van der Waals surface area contributed by atoms with Crippen LogP contribution in [0.1, 0.15) is 0 Å². The largest absolute Gasteiger partial charge is 0.226 e. The molecule has 2 nitrogen and oxygen atoms in total. The van der Waals surface area contributed by atoms with Gasteiger partial charge in [-0.25, -0.2) is 14.4 Å². The van der Waals surface area contributed by atoms with Crippen molar-refractivity contribution in [1.82, 2.24) is 9.97 Å². The lowest BCUT2D eigenvalue weighted by atomic mass is 10.2. The van der Waals surface area contributed by atoms with Crippen molar-refractivity contribution in [2.24, 2.45) is 0 Å². The maximum absolute atomic E-state index is 13.2.